The van der Waals surface area contributed by atoms with E-state index in [-0.39, 0.29) is 17.1 Å². The number of fused-ring (bicyclic) bond motifs is 3. The van der Waals surface area contributed by atoms with Crippen LogP contribution >= 0.6 is 0 Å². The van der Waals surface area contributed by atoms with Crippen molar-refractivity contribution < 1.29 is 14.2 Å². The van der Waals surface area contributed by atoms with Crippen LogP contribution in [0.2, 0.25) is 0 Å². The Bertz CT molecular complexity index is 930. The minimum absolute atomic E-state index is 0.0783. The summed E-state index contributed by atoms with van der Waals surface area (Å²) in [6.45, 7) is 11.6. The third-order valence-electron chi connectivity index (χ3n) is 7.80. The summed E-state index contributed by atoms with van der Waals surface area (Å²) in [7, 11) is 1.71. The van der Waals surface area contributed by atoms with Crippen molar-refractivity contribution >= 4 is 0 Å². The van der Waals surface area contributed by atoms with Gasteiger partial charge in [-0.1, -0.05) is 0 Å². The molecule has 3 aliphatic rings. The van der Waals surface area contributed by atoms with Crippen LogP contribution in [0.25, 0.3) is 0 Å². The fourth-order valence-corrected chi connectivity index (χ4v) is 5.77. The zero-order chi connectivity index (χ0) is 21.6. The highest BCUT2D eigenvalue weighted by Gasteiger charge is 2.52. The van der Waals surface area contributed by atoms with E-state index >= 15 is 0 Å². The number of aryl methyl sites for hydroxylation is 1. The van der Waals surface area contributed by atoms with E-state index in [1.807, 2.05) is 18.3 Å². The van der Waals surface area contributed by atoms with Gasteiger partial charge in [-0.05, 0) is 76.7 Å². The zero-order valence-corrected chi connectivity index (χ0v) is 19.3. The van der Waals surface area contributed by atoms with Crippen LogP contribution in [-0.2, 0) is 17.8 Å². The van der Waals surface area contributed by atoms with Crippen molar-refractivity contribution in [1.82, 2.24) is 14.5 Å². The maximum atomic E-state index is 6.64. The molecule has 2 atom stereocenters. The van der Waals surface area contributed by atoms with Crippen molar-refractivity contribution in [3.05, 3.63) is 42.0 Å². The van der Waals surface area contributed by atoms with E-state index in [2.05, 4.69) is 47.5 Å². The summed E-state index contributed by atoms with van der Waals surface area (Å²) in [4.78, 5) is 7.11. The predicted molar refractivity (Wildman–Crippen MR) is 119 cm³/mol. The lowest BCUT2D eigenvalue weighted by Crippen LogP contribution is -2.54. The number of methoxy groups -OCH3 is 1. The Labute approximate surface area is 185 Å². The first-order valence-corrected chi connectivity index (χ1v) is 11.6. The van der Waals surface area contributed by atoms with Crippen LogP contribution < -0.4 is 9.47 Å². The van der Waals surface area contributed by atoms with E-state index in [1.165, 1.54) is 18.7 Å². The minimum Gasteiger partial charge on any atom is -0.497 e. The zero-order valence-electron chi connectivity index (χ0n) is 19.3. The minimum atomic E-state index is -0.247. The number of benzene rings is 1. The van der Waals surface area contributed by atoms with E-state index < -0.39 is 0 Å². The van der Waals surface area contributed by atoms with Crippen LogP contribution in [0.5, 0.6) is 11.5 Å². The second kappa shape index (κ2) is 7.82. The maximum absolute atomic E-state index is 6.64. The normalized spacial score (nSPS) is 26.7. The van der Waals surface area contributed by atoms with Gasteiger partial charge in [0, 0.05) is 30.4 Å². The number of likely N-dealkylation sites (tertiary alicyclic amines) is 1. The standard InChI is InChI=1S/C25H35N3O3/c1-5-28-13-10-26-22(28)16-27-11-8-25(9-12-27)15-20-23(30-17-25)19-14-18(29-4)6-7-21(19)31-24(20,2)3/h6-7,10,13-14,20,23H,5,8-9,11-12,15-17H2,1-4H3/t20-,23+/m0/s1. The summed E-state index contributed by atoms with van der Waals surface area (Å²) in [6, 6.07) is 6.09. The first-order chi connectivity index (χ1) is 14.9. The fraction of sp³-hybridized carbons (Fsp3) is 0.640. The molecule has 0 bridgehead atoms. The van der Waals surface area contributed by atoms with Crippen molar-refractivity contribution in [1.29, 1.82) is 0 Å². The molecule has 5 rings (SSSR count). The number of nitrogens with zero attached hydrogens (tertiary/aromatic N) is 3. The van der Waals surface area contributed by atoms with Crippen LogP contribution in [0.4, 0.5) is 0 Å². The van der Waals surface area contributed by atoms with Crippen LogP contribution in [-0.4, -0.2) is 46.9 Å². The molecular formula is C25H35N3O3. The molecule has 1 aromatic heterocycles. The highest BCUT2D eigenvalue weighted by atomic mass is 16.5. The number of imidazole rings is 1. The van der Waals surface area contributed by atoms with Gasteiger partial charge in [0.1, 0.15) is 22.9 Å². The molecule has 4 heterocycles. The maximum Gasteiger partial charge on any atom is 0.126 e. The molecule has 31 heavy (non-hydrogen) atoms. The smallest absolute Gasteiger partial charge is 0.126 e. The Morgan fingerprint density at radius 1 is 1.23 bits per heavy atom. The van der Waals surface area contributed by atoms with Gasteiger partial charge in [-0.15, -0.1) is 0 Å². The number of aromatic nitrogens is 2. The van der Waals surface area contributed by atoms with Crippen molar-refractivity contribution in [2.75, 3.05) is 26.8 Å². The SMILES string of the molecule is CCn1ccnc1CN1CCC2(CC1)CO[C@@H]1c3cc(OC)ccc3OC(C)(C)[C@H]1C2. The Morgan fingerprint density at radius 3 is 2.77 bits per heavy atom. The highest BCUT2D eigenvalue weighted by molar-refractivity contribution is 5.44. The monoisotopic (exact) mass is 425 g/mol. The lowest BCUT2D eigenvalue weighted by Gasteiger charge is -2.54. The average Bonchev–Trinajstić information content (AvgIpc) is 3.22. The molecule has 2 saturated heterocycles. The number of ether oxygens (including phenoxy) is 3. The predicted octanol–water partition coefficient (Wildman–Crippen LogP) is 4.44. The molecule has 0 N–H and O–H groups in total. The largest absolute Gasteiger partial charge is 0.497 e. The molecule has 6 nitrogen and oxygen atoms in total. The summed E-state index contributed by atoms with van der Waals surface area (Å²) in [5.41, 5.74) is 1.14. The summed E-state index contributed by atoms with van der Waals surface area (Å²) >= 11 is 0. The molecule has 0 saturated carbocycles. The van der Waals surface area contributed by atoms with E-state index in [0.29, 0.717) is 5.92 Å². The molecule has 0 radical (unpaired) electrons. The molecule has 6 heteroatoms. The summed E-state index contributed by atoms with van der Waals surface area (Å²) < 4.78 is 20.8. The fourth-order valence-electron chi connectivity index (χ4n) is 5.77. The number of hydrogen-bond acceptors (Lipinski definition) is 5. The van der Waals surface area contributed by atoms with Gasteiger partial charge in [0.05, 0.1) is 26.4 Å². The topological polar surface area (TPSA) is 48.8 Å². The quantitative estimate of drug-likeness (QED) is 0.725. The van der Waals surface area contributed by atoms with Crippen molar-refractivity contribution in [3.8, 4) is 11.5 Å². The Balaban J connectivity index is 1.30. The van der Waals surface area contributed by atoms with E-state index in [0.717, 1.165) is 56.3 Å². The van der Waals surface area contributed by atoms with Gasteiger partial charge < -0.3 is 18.8 Å². The molecule has 2 fully saturated rings. The van der Waals surface area contributed by atoms with Crippen molar-refractivity contribution in [2.45, 2.75) is 64.8 Å². The molecule has 2 aromatic rings. The second-order valence-electron chi connectivity index (χ2n) is 10.1. The van der Waals surface area contributed by atoms with Gasteiger partial charge in [0.2, 0.25) is 0 Å². The molecular weight excluding hydrogens is 390 g/mol. The van der Waals surface area contributed by atoms with Crippen LogP contribution in [0.1, 0.15) is 57.5 Å². The van der Waals surface area contributed by atoms with Gasteiger partial charge in [0.25, 0.3) is 0 Å². The Kier molecular flexibility index (Phi) is 5.25. The molecule has 168 valence electrons. The molecule has 1 aromatic carbocycles. The van der Waals surface area contributed by atoms with E-state index in [9.17, 15) is 0 Å². The lowest BCUT2D eigenvalue weighted by atomic mass is 9.64. The summed E-state index contributed by atoms with van der Waals surface area (Å²) in [5, 5.41) is 0. The number of piperidine rings is 1. The lowest BCUT2D eigenvalue weighted by molar-refractivity contribution is -0.174. The van der Waals surface area contributed by atoms with Crippen LogP contribution in [0.15, 0.2) is 30.6 Å². The van der Waals surface area contributed by atoms with Crippen LogP contribution in [0, 0.1) is 11.3 Å². The van der Waals surface area contributed by atoms with Gasteiger partial charge >= 0.3 is 0 Å². The molecule has 0 unspecified atom stereocenters. The summed E-state index contributed by atoms with van der Waals surface area (Å²) in [6.07, 6.45) is 7.56. The van der Waals surface area contributed by atoms with Crippen LogP contribution in [0.3, 0.4) is 0 Å². The first-order valence-electron chi connectivity index (χ1n) is 11.6. The van der Waals surface area contributed by atoms with Crippen molar-refractivity contribution in [2.24, 2.45) is 11.3 Å². The average molecular weight is 426 g/mol. The second-order valence-corrected chi connectivity index (χ2v) is 10.1. The Morgan fingerprint density at radius 2 is 2.03 bits per heavy atom. The number of hydrogen-bond donors (Lipinski definition) is 0. The van der Waals surface area contributed by atoms with Gasteiger partial charge in [0.15, 0.2) is 0 Å². The molecule has 3 aliphatic heterocycles. The van der Waals surface area contributed by atoms with Crippen molar-refractivity contribution in [3.63, 3.8) is 0 Å². The Hall–Kier alpha value is -2.05. The van der Waals surface area contributed by atoms with Gasteiger partial charge in [-0.2, -0.15) is 0 Å². The third-order valence-corrected chi connectivity index (χ3v) is 7.80. The highest BCUT2D eigenvalue weighted by Crippen LogP contribution is 2.55. The van der Waals surface area contributed by atoms with E-state index in [4.69, 9.17) is 14.2 Å². The van der Waals surface area contributed by atoms with Gasteiger partial charge in [-0.25, -0.2) is 4.98 Å². The summed E-state index contributed by atoms with van der Waals surface area (Å²) in [5.74, 6) is 3.31. The molecule has 0 amide bonds. The molecule has 0 aliphatic carbocycles. The third kappa shape index (κ3) is 3.74. The van der Waals surface area contributed by atoms with Gasteiger partial charge in [-0.3, -0.25) is 4.90 Å². The van der Waals surface area contributed by atoms with E-state index in [1.54, 1.807) is 7.11 Å². The first kappa shape index (κ1) is 20.8. The molecule has 1 spiro atoms. The number of rotatable bonds is 4.